The largest absolute Gasteiger partial charge is 0.438 e. The normalized spacial score (nSPS) is 15.0. The number of aldehydes is 1. The molecule has 2 heterocycles. The summed E-state index contributed by atoms with van der Waals surface area (Å²) in [7, 11) is 0. The highest BCUT2D eigenvalue weighted by molar-refractivity contribution is 7.99. The molecule has 1 aliphatic rings. The average molecular weight is 349 g/mol. The first-order valence-corrected chi connectivity index (χ1v) is 8.59. The summed E-state index contributed by atoms with van der Waals surface area (Å²) in [6.45, 7) is 0. The summed E-state index contributed by atoms with van der Waals surface area (Å²) >= 11 is 1.63. The summed E-state index contributed by atoms with van der Waals surface area (Å²) < 4.78 is 5.91. The molecule has 124 valence electrons. The molecule has 0 amide bonds. The van der Waals surface area contributed by atoms with Crippen molar-refractivity contribution in [3.8, 4) is 11.6 Å². The van der Waals surface area contributed by atoms with Gasteiger partial charge >= 0.3 is 0 Å². The van der Waals surface area contributed by atoms with Crippen molar-refractivity contribution < 1.29 is 9.53 Å². The maximum atomic E-state index is 11.4. The third kappa shape index (κ3) is 2.60. The lowest BCUT2D eigenvalue weighted by Gasteiger charge is -2.29. The molecule has 6 heteroatoms. The average Bonchev–Trinajstić information content (AvgIpc) is 2.62. The van der Waals surface area contributed by atoms with Crippen LogP contribution < -0.4 is 16.2 Å². The van der Waals surface area contributed by atoms with E-state index in [-0.39, 0.29) is 16.6 Å². The first-order chi connectivity index (χ1) is 12.2. The van der Waals surface area contributed by atoms with E-state index in [1.807, 2.05) is 54.6 Å². The van der Waals surface area contributed by atoms with Crippen molar-refractivity contribution in [3.63, 3.8) is 0 Å². The summed E-state index contributed by atoms with van der Waals surface area (Å²) in [5.41, 5.74) is 14.3. The number of nitrogen functional groups attached to an aromatic ring is 2. The van der Waals surface area contributed by atoms with Crippen LogP contribution >= 0.6 is 11.8 Å². The number of aromatic nitrogens is 1. The van der Waals surface area contributed by atoms with Crippen LogP contribution in [0.15, 0.2) is 59.5 Å². The number of hydrogen-bond donors (Lipinski definition) is 2. The lowest BCUT2D eigenvalue weighted by Crippen LogP contribution is -2.15. The fraction of sp³-hybridized carbons (Fsp3) is 0.0526. The van der Waals surface area contributed by atoms with Gasteiger partial charge in [0.1, 0.15) is 11.6 Å². The molecule has 1 aliphatic heterocycles. The minimum Gasteiger partial charge on any atom is -0.438 e. The van der Waals surface area contributed by atoms with Gasteiger partial charge in [-0.1, -0.05) is 36.4 Å². The molecule has 5 nitrogen and oxygen atoms in total. The Morgan fingerprint density at radius 1 is 1.04 bits per heavy atom. The predicted octanol–water partition coefficient (Wildman–Crippen LogP) is 4.05. The molecule has 2 aromatic carbocycles. The predicted molar refractivity (Wildman–Crippen MR) is 99.1 cm³/mol. The van der Waals surface area contributed by atoms with Gasteiger partial charge in [0.25, 0.3) is 0 Å². The highest BCUT2D eigenvalue weighted by atomic mass is 32.2. The van der Waals surface area contributed by atoms with E-state index in [1.165, 1.54) is 0 Å². The minimum absolute atomic E-state index is 0.0779. The Morgan fingerprint density at radius 2 is 1.76 bits per heavy atom. The Balaban J connectivity index is 1.92. The van der Waals surface area contributed by atoms with E-state index in [0.717, 1.165) is 10.5 Å². The molecule has 1 unspecified atom stereocenters. The Bertz CT molecular complexity index is 960. The summed E-state index contributed by atoms with van der Waals surface area (Å²) in [4.78, 5) is 16.7. The van der Waals surface area contributed by atoms with Crippen molar-refractivity contribution >= 4 is 29.6 Å². The van der Waals surface area contributed by atoms with Crippen molar-refractivity contribution in [2.24, 2.45) is 0 Å². The molecule has 3 aromatic rings. The summed E-state index contributed by atoms with van der Waals surface area (Å²) in [6, 6.07) is 17.7. The number of thioether (sulfide) groups is 1. The topological polar surface area (TPSA) is 91.2 Å². The van der Waals surface area contributed by atoms with Crippen LogP contribution in [0.4, 0.5) is 11.5 Å². The van der Waals surface area contributed by atoms with Crippen molar-refractivity contribution in [3.05, 3.63) is 71.3 Å². The smallest absolute Gasteiger partial charge is 0.228 e. The molecule has 0 saturated heterocycles. The van der Waals surface area contributed by atoms with Crippen molar-refractivity contribution in [1.29, 1.82) is 0 Å². The monoisotopic (exact) mass is 349 g/mol. The number of nitrogens with two attached hydrogens (primary N) is 2. The van der Waals surface area contributed by atoms with Gasteiger partial charge < -0.3 is 16.2 Å². The molecule has 1 atom stereocenters. The summed E-state index contributed by atoms with van der Waals surface area (Å²) in [5.74, 6) is 1.15. The number of benzene rings is 2. The van der Waals surface area contributed by atoms with Gasteiger partial charge in [0, 0.05) is 10.5 Å². The Labute approximate surface area is 149 Å². The van der Waals surface area contributed by atoms with Crippen LogP contribution in [-0.4, -0.2) is 11.3 Å². The molecular weight excluding hydrogens is 334 g/mol. The van der Waals surface area contributed by atoms with E-state index in [2.05, 4.69) is 4.98 Å². The van der Waals surface area contributed by atoms with Crippen molar-refractivity contribution in [2.45, 2.75) is 10.1 Å². The first-order valence-electron chi connectivity index (χ1n) is 7.71. The lowest BCUT2D eigenvalue weighted by molar-refractivity contribution is 0.112. The van der Waals surface area contributed by atoms with Gasteiger partial charge in [-0.25, -0.2) is 0 Å². The van der Waals surface area contributed by atoms with Crippen LogP contribution in [0, 0.1) is 0 Å². The number of anilines is 2. The van der Waals surface area contributed by atoms with Crippen LogP contribution in [0.2, 0.25) is 0 Å². The van der Waals surface area contributed by atoms with Gasteiger partial charge in [-0.05, 0) is 18.2 Å². The molecule has 1 aromatic heterocycles. The molecule has 0 saturated carbocycles. The highest BCUT2D eigenvalue weighted by Crippen LogP contribution is 2.53. The van der Waals surface area contributed by atoms with Gasteiger partial charge in [0.2, 0.25) is 5.88 Å². The number of carbonyl (C=O) groups is 1. The van der Waals surface area contributed by atoms with Gasteiger partial charge in [0.05, 0.1) is 22.1 Å². The first kappa shape index (κ1) is 15.5. The van der Waals surface area contributed by atoms with Crippen molar-refractivity contribution in [1.82, 2.24) is 4.98 Å². The number of ether oxygens (including phenoxy) is 1. The standard InChI is InChI=1S/C19H15N3O2S/c20-16-13(10-23)18(21)22-19-15(16)17(25-11-6-2-1-3-7-11)12-8-4-5-9-14(12)24-19/h1-10,17H,(H4,20,21,22). The maximum Gasteiger partial charge on any atom is 0.228 e. The molecule has 0 aliphatic carbocycles. The quantitative estimate of drug-likeness (QED) is 0.693. The van der Waals surface area contributed by atoms with E-state index < -0.39 is 0 Å². The fourth-order valence-electron chi connectivity index (χ4n) is 2.89. The van der Waals surface area contributed by atoms with Gasteiger partial charge in [-0.2, -0.15) is 4.98 Å². The lowest BCUT2D eigenvalue weighted by atomic mass is 9.98. The zero-order chi connectivity index (χ0) is 17.4. The Hall–Kier alpha value is -2.99. The fourth-order valence-corrected chi connectivity index (χ4v) is 4.14. The number of carbonyl (C=O) groups excluding carboxylic acids is 1. The molecule has 0 radical (unpaired) electrons. The Morgan fingerprint density at radius 3 is 2.52 bits per heavy atom. The summed E-state index contributed by atoms with van der Waals surface area (Å²) in [6.07, 6.45) is 0.642. The van der Waals surface area contributed by atoms with Gasteiger partial charge in [-0.15, -0.1) is 11.8 Å². The third-order valence-corrected chi connectivity index (χ3v) is 5.36. The third-order valence-electron chi connectivity index (χ3n) is 4.09. The molecule has 25 heavy (non-hydrogen) atoms. The Kier molecular flexibility index (Phi) is 3.82. The number of fused-ring (bicyclic) bond motifs is 2. The molecular formula is C19H15N3O2S. The highest BCUT2D eigenvalue weighted by Gasteiger charge is 2.33. The molecule has 0 spiro atoms. The van der Waals surface area contributed by atoms with Crippen LogP contribution in [0.3, 0.4) is 0 Å². The van der Waals surface area contributed by atoms with Crippen LogP contribution in [0.1, 0.15) is 26.7 Å². The van der Waals surface area contributed by atoms with E-state index in [4.69, 9.17) is 16.2 Å². The van der Waals surface area contributed by atoms with Gasteiger partial charge in [0.15, 0.2) is 6.29 Å². The zero-order valence-electron chi connectivity index (χ0n) is 13.2. The second kappa shape index (κ2) is 6.14. The molecule has 4 rings (SSSR count). The van der Waals surface area contributed by atoms with E-state index in [9.17, 15) is 4.79 Å². The second-order valence-electron chi connectivity index (χ2n) is 5.61. The molecule has 4 N–H and O–H groups in total. The van der Waals surface area contributed by atoms with Crippen molar-refractivity contribution in [2.75, 3.05) is 11.5 Å². The maximum absolute atomic E-state index is 11.4. The van der Waals surface area contributed by atoms with E-state index in [1.54, 1.807) is 11.8 Å². The number of rotatable bonds is 3. The number of para-hydroxylation sites is 1. The zero-order valence-corrected chi connectivity index (χ0v) is 14.0. The second-order valence-corrected chi connectivity index (χ2v) is 6.79. The van der Waals surface area contributed by atoms with Crippen LogP contribution in [0.5, 0.6) is 11.6 Å². The number of nitrogens with zero attached hydrogens (tertiary/aromatic N) is 1. The van der Waals surface area contributed by atoms with E-state index >= 15 is 0 Å². The number of pyridine rings is 1. The van der Waals surface area contributed by atoms with Crippen LogP contribution in [0.25, 0.3) is 0 Å². The SMILES string of the molecule is Nc1nc2c(c(N)c1C=O)C(Sc1ccccc1)c1ccccc1O2. The molecule has 0 fully saturated rings. The van der Waals surface area contributed by atoms with E-state index in [0.29, 0.717) is 29.2 Å². The van der Waals surface area contributed by atoms with Gasteiger partial charge in [-0.3, -0.25) is 4.79 Å². The van der Waals surface area contributed by atoms with Crippen LogP contribution in [-0.2, 0) is 0 Å². The number of hydrogen-bond acceptors (Lipinski definition) is 6. The molecule has 0 bridgehead atoms. The minimum atomic E-state index is -0.144. The summed E-state index contributed by atoms with van der Waals surface area (Å²) in [5, 5.41) is -0.144.